The molecule has 1 aromatic heterocycles. The van der Waals surface area contributed by atoms with Gasteiger partial charge in [0.1, 0.15) is 5.82 Å². The molecule has 0 spiro atoms. The molecule has 0 saturated heterocycles. The second-order valence-corrected chi connectivity index (χ2v) is 11.1. The number of carbonyl (C=O) groups is 1. The van der Waals surface area contributed by atoms with Gasteiger partial charge in [-0.1, -0.05) is 62.7 Å². The summed E-state index contributed by atoms with van der Waals surface area (Å²) in [5.74, 6) is 1.94. The van der Waals surface area contributed by atoms with E-state index >= 15 is 0 Å². The lowest BCUT2D eigenvalue weighted by molar-refractivity contribution is -0.121. The third kappa shape index (κ3) is 6.72. The van der Waals surface area contributed by atoms with Gasteiger partial charge in [0.05, 0.1) is 17.1 Å². The maximum absolute atomic E-state index is 12.8. The fraction of sp³-hybridized carbons (Fsp3) is 0.533. The summed E-state index contributed by atoms with van der Waals surface area (Å²) in [5.41, 5.74) is 3.44. The molecule has 1 heterocycles. The third-order valence-corrected chi connectivity index (χ3v) is 7.88. The summed E-state index contributed by atoms with van der Waals surface area (Å²) >= 11 is 0. The van der Waals surface area contributed by atoms with Gasteiger partial charge in [0, 0.05) is 26.4 Å². The number of fused-ring (bicyclic) bond motifs is 1. The Morgan fingerprint density at radius 2 is 1.89 bits per heavy atom. The number of nitrogens with zero attached hydrogens (tertiary/aromatic N) is 2. The van der Waals surface area contributed by atoms with E-state index < -0.39 is 0 Å². The van der Waals surface area contributed by atoms with Crippen LogP contribution in [0.3, 0.4) is 0 Å². The van der Waals surface area contributed by atoms with E-state index in [-0.39, 0.29) is 17.4 Å². The molecule has 5 nitrogen and oxygen atoms in total. The van der Waals surface area contributed by atoms with Crippen molar-refractivity contribution in [2.45, 2.75) is 77.2 Å². The lowest BCUT2D eigenvalue weighted by Gasteiger charge is -2.34. The standard InChI is InChI=1S/C30H41N3O2/c1-22-16-17-30(2,20-24(19-25(34)18-22)23-10-5-4-6-11-23)21-31-29(35)15-9-14-28-32-26-12-7-8-13-27(26)33(28)3/h4-8,10-13,22,24-25,34H,9,14-21H2,1-3H3,(H,31,35)/t22-,24-,25+,30+/m1/s1. The zero-order valence-electron chi connectivity index (χ0n) is 21.5. The molecule has 4 rings (SSSR count). The predicted octanol–water partition coefficient (Wildman–Crippen LogP) is 5.76. The van der Waals surface area contributed by atoms with Crippen molar-refractivity contribution in [1.82, 2.24) is 14.9 Å². The monoisotopic (exact) mass is 475 g/mol. The first-order valence-electron chi connectivity index (χ1n) is 13.2. The minimum atomic E-state index is -0.269. The van der Waals surface area contributed by atoms with Gasteiger partial charge in [0.15, 0.2) is 0 Å². The zero-order valence-corrected chi connectivity index (χ0v) is 21.5. The summed E-state index contributed by atoms with van der Waals surface area (Å²) in [4.78, 5) is 17.5. The number of para-hydroxylation sites is 2. The zero-order chi connectivity index (χ0) is 24.8. The molecule has 5 heteroatoms. The highest BCUT2D eigenvalue weighted by Gasteiger charge is 2.33. The highest BCUT2D eigenvalue weighted by molar-refractivity contribution is 5.76. The molecule has 4 atom stereocenters. The number of benzene rings is 2. The van der Waals surface area contributed by atoms with Crippen LogP contribution in [0, 0.1) is 11.3 Å². The number of hydrogen-bond donors (Lipinski definition) is 2. The van der Waals surface area contributed by atoms with Crippen LogP contribution in [-0.4, -0.2) is 33.2 Å². The topological polar surface area (TPSA) is 67.2 Å². The summed E-state index contributed by atoms with van der Waals surface area (Å²) in [6, 6.07) is 18.7. The van der Waals surface area contributed by atoms with E-state index in [1.807, 2.05) is 31.3 Å². The third-order valence-electron chi connectivity index (χ3n) is 7.88. The first kappa shape index (κ1) is 25.4. The Morgan fingerprint density at radius 3 is 2.66 bits per heavy atom. The van der Waals surface area contributed by atoms with Crippen molar-refractivity contribution in [3.05, 3.63) is 66.0 Å². The van der Waals surface area contributed by atoms with Crippen molar-refractivity contribution in [3.63, 3.8) is 0 Å². The van der Waals surface area contributed by atoms with E-state index in [9.17, 15) is 9.90 Å². The molecule has 1 saturated carbocycles. The Kier molecular flexibility index (Phi) is 8.27. The summed E-state index contributed by atoms with van der Waals surface area (Å²) in [7, 11) is 2.05. The number of carbonyl (C=O) groups excluding carboxylic acids is 1. The molecule has 0 unspecified atom stereocenters. The van der Waals surface area contributed by atoms with Crippen LogP contribution in [0.5, 0.6) is 0 Å². The molecule has 3 aromatic rings. The molecule has 1 amide bonds. The number of aliphatic hydroxyl groups is 1. The van der Waals surface area contributed by atoms with Gasteiger partial charge in [-0.25, -0.2) is 4.98 Å². The number of imidazole rings is 1. The normalized spacial score (nSPS) is 25.5. The van der Waals surface area contributed by atoms with Crippen LogP contribution in [-0.2, 0) is 18.3 Å². The number of nitrogens with one attached hydrogen (secondary N) is 1. The number of aliphatic hydroxyl groups excluding tert-OH is 1. The fourth-order valence-corrected chi connectivity index (χ4v) is 5.75. The van der Waals surface area contributed by atoms with E-state index in [4.69, 9.17) is 4.98 Å². The summed E-state index contributed by atoms with van der Waals surface area (Å²) in [6.45, 7) is 5.24. The van der Waals surface area contributed by atoms with Crippen LogP contribution in [0.25, 0.3) is 11.0 Å². The molecule has 0 aliphatic heterocycles. The molecular weight excluding hydrogens is 434 g/mol. The predicted molar refractivity (Wildman–Crippen MR) is 142 cm³/mol. The van der Waals surface area contributed by atoms with Crippen LogP contribution in [0.2, 0.25) is 0 Å². The Labute approximate surface area is 210 Å². The van der Waals surface area contributed by atoms with Gasteiger partial charge >= 0.3 is 0 Å². The van der Waals surface area contributed by atoms with Gasteiger partial charge in [-0.2, -0.15) is 0 Å². The van der Waals surface area contributed by atoms with Crippen molar-refractivity contribution in [2.24, 2.45) is 18.4 Å². The van der Waals surface area contributed by atoms with Gasteiger partial charge in [0.25, 0.3) is 0 Å². The first-order valence-corrected chi connectivity index (χ1v) is 13.2. The fourth-order valence-electron chi connectivity index (χ4n) is 5.75. The number of amides is 1. The highest BCUT2D eigenvalue weighted by Crippen LogP contribution is 2.41. The Hall–Kier alpha value is -2.66. The molecular formula is C30H41N3O2. The van der Waals surface area contributed by atoms with E-state index in [1.54, 1.807) is 0 Å². The number of hydrogen-bond acceptors (Lipinski definition) is 3. The van der Waals surface area contributed by atoms with Crippen LogP contribution in [0.15, 0.2) is 54.6 Å². The van der Waals surface area contributed by atoms with E-state index in [0.717, 1.165) is 61.8 Å². The number of aromatic nitrogens is 2. The van der Waals surface area contributed by atoms with Crippen LogP contribution in [0.1, 0.15) is 76.1 Å². The Bertz CT molecular complexity index is 1110. The van der Waals surface area contributed by atoms with Gasteiger partial charge in [-0.3, -0.25) is 4.79 Å². The molecule has 2 N–H and O–H groups in total. The van der Waals surface area contributed by atoms with Crippen molar-refractivity contribution in [3.8, 4) is 0 Å². The molecule has 35 heavy (non-hydrogen) atoms. The average molecular weight is 476 g/mol. The van der Waals surface area contributed by atoms with Gasteiger partial charge in [-0.05, 0) is 67.1 Å². The first-order chi connectivity index (χ1) is 16.8. The minimum absolute atomic E-state index is 0.00584. The van der Waals surface area contributed by atoms with E-state index in [0.29, 0.717) is 24.8 Å². The van der Waals surface area contributed by atoms with Gasteiger partial charge in [0.2, 0.25) is 5.91 Å². The quantitative estimate of drug-likeness (QED) is 0.456. The molecule has 0 radical (unpaired) electrons. The highest BCUT2D eigenvalue weighted by atomic mass is 16.3. The Balaban J connectivity index is 1.34. The maximum Gasteiger partial charge on any atom is 0.220 e. The smallest absolute Gasteiger partial charge is 0.220 e. The van der Waals surface area contributed by atoms with Gasteiger partial charge in [-0.15, -0.1) is 0 Å². The van der Waals surface area contributed by atoms with Crippen LogP contribution >= 0.6 is 0 Å². The van der Waals surface area contributed by atoms with E-state index in [1.165, 1.54) is 5.56 Å². The average Bonchev–Trinajstić information content (AvgIpc) is 3.19. The minimum Gasteiger partial charge on any atom is -0.393 e. The van der Waals surface area contributed by atoms with Gasteiger partial charge < -0.3 is 15.0 Å². The molecule has 188 valence electrons. The second kappa shape index (κ2) is 11.4. The largest absolute Gasteiger partial charge is 0.393 e. The number of aryl methyl sites for hydroxylation is 2. The molecule has 0 bridgehead atoms. The molecule has 2 aromatic carbocycles. The summed E-state index contributed by atoms with van der Waals surface area (Å²) < 4.78 is 2.13. The molecule has 1 aliphatic carbocycles. The second-order valence-electron chi connectivity index (χ2n) is 11.1. The van der Waals surface area contributed by atoms with E-state index in [2.05, 4.69) is 54.1 Å². The van der Waals surface area contributed by atoms with Crippen molar-refractivity contribution in [1.29, 1.82) is 0 Å². The number of rotatable bonds is 7. The summed E-state index contributed by atoms with van der Waals surface area (Å²) in [5, 5.41) is 14.0. The SMILES string of the molecule is C[C@@H]1CC[C@](C)(CNC(=O)CCCc2nc3ccccc3n2C)C[C@H](c2ccccc2)C[C@@H](O)C1. The summed E-state index contributed by atoms with van der Waals surface area (Å²) in [6.07, 6.45) is 6.58. The maximum atomic E-state index is 12.8. The van der Waals surface area contributed by atoms with Crippen molar-refractivity contribution >= 4 is 16.9 Å². The van der Waals surface area contributed by atoms with Crippen molar-refractivity contribution < 1.29 is 9.90 Å². The lowest BCUT2D eigenvalue weighted by Crippen LogP contribution is -2.37. The molecule has 1 fully saturated rings. The molecule has 1 aliphatic rings. The Morgan fingerprint density at radius 1 is 1.14 bits per heavy atom. The van der Waals surface area contributed by atoms with Crippen LogP contribution in [0.4, 0.5) is 0 Å². The van der Waals surface area contributed by atoms with Crippen LogP contribution < -0.4 is 5.32 Å². The van der Waals surface area contributed by atoms with Crippen molar-refractivity contribution in [2.75, 3.05) is 6.54 Å². The lowest BCUT2D eigenvalue weighted by atomic mass is 9.74.